The smallest absolute Gasteiger partial charge is 0.231 e. The third-order valence-electron chi connectivity index (χ3n) is 6.69. The molecule has 3 aliphatic heterocycles. The van der Waals surface area contributed by atoms with Crippen LogP contribution in [0.15, 0.2) is 36.4 Å². The zero-order chi connectivity index (χ0) is 23.0. The molecule has 3 aliphatic rings. The van der Waals surface area contributed by atoms with Crippen LogP contribution in [0.1, 0.15) is 24.8 Å². The van der Waals surface area contributed by atoms with Gasteiger partial charge in [-0.25, -0.2) is 8.78 Å². The van der Waals surface area contributed by atoms with E-state index in [0.717, 1.165) is 36.6 Å². The zero-order valence-corrected chi connectivity index (χ0v) is 17.9. The van der Waals surface area contributed by atoms with Gasteiger partial charge < -0.3 is 24.4 Å². The van der Waals surface area contributed by atoms with Crippen molar-refractivity contribution in [1.29, 1.82) is 0 Å². The highest BCUT2D eigenvalue weighted by atomic mass is 19.1. The molecule has 2 aromatic carbocycles. The highest BCUT2D eigenvalue weighted by molar-refractivity contribution is 6.00. The van der Waals surface area contributed by atoms with E-state index in [9.17, 15) is 18.4 Å². The maximum Gasteiger partial charge on any atom is 0.231 e. The summed E-state index contributed by atoms with van der Waals surface area (Å²) in [5, 5.41) is 3.02. The fourth-order valence-electron chi connectivity index (χ4n) is 4.78. The van der Waals surface area contributed by atoms with Crippen LogP contribution in [-0.2, 0) is 19.7 Å². The minimum absolute atomic E-state index is 0.00982. The molecular weight excluding hydrogens is 434 g/mol. The predicted molar refractivity (Wildman–Crippen MR) is 114 cm³/mol. The average Bonchev–Trinajstić information content (AvgIpc) is 3.43. The molecule has 0 radical (unpaired) electrons. The van der Waals surface area contributed by atoms with Gasteiger partial charge in [-0.2, -0.15) is 0 Å². The number of nitrogens with zero attached hydrogens (tertiary/aromatic N) is 1. The molecule has 2 aromatic rings. The molecule has 0 aliphatic carbocycles. The molecule has 174 valence electrons. The lowest BCUT2D eigenvalue weighted by Crippen LogP contribution is -2.46. The van der Waals surface area contributed by atoms with Gasteiger partial charge in [-0.1, -0.05) is 6.07 Å². The maximum atomic E-state index is 13.6. The fraction of sp³-hybridized carbons (Fsp3) is 0.417. The normalized spacial score (nSPS) is 21.3. The van der Waals surface area contributed by atoms with Crippen molar-refractivity contribution in [3.8, 4) is 11.5 Å². The van der Waals surface area contributed by atoms with E-state index in [1.54, 1.807) is 0 Å². The molecule has 7 nitrogen and oxygen atoms in total. The van der Waals surface area contributed by atoms with Crippen molar-refractivity contribution in [2.75, 3.05) is 38.0 Å². The summed E-state index contributed by atoms with van der Waals surface area (Å²) < 4.78 is 43.7. The van der Waals surface area contributed by atoms with Crippen molar-refractivity contribution >= 4 is 17.5 Å². The minimum Gasteiger partial charge on any atom is -0.454 e. The highest BCUT2D eigenvalue weighted by Crippen LogP contribution is 2.40. The number of carbonyl (C=O) groups excluding carboxylic acids is 2. The topological polar surface area (TPSA) is 77.1 Å². The van der Waals surface area contributed by atoms with Crippen LogP contribution < -0.4 is 19.7 Å². The molecule has 5 rings (SSSR count). The Morgan fingerprint density at radius 3 is 2.55 bits per heavy atom. The number of amides is 2. The van der Waals surface area contributed by atoms with Crippen LogP contribution in [0.4, 0.5) is 14.5 Å². The Hall–Kier alpha value is -3.20. The standard InChI is InChI=1S/C24H24F2N2O5/c25-17-9-18(26)11-19(10-17)28-12-15(7-22(28)29)23(30)27-13-24(3-5-31-6-4-24)16-1-2-20-21(8-16)33-14-32-20/h1-2,8-11,15H,3-7,12-14H2,(H,27,30). The van der Waals surface area contributed by atoms with E-state index in [2.05, 4.69) is 5.32 Å². The molecule has 2 saturated heterocycles. The van der Waals surface area contributed by atoms with Crippen LogP contribution in [0.5, 0.6) is 11.5 Å². The molecule has 3 heterocycles. The Kier molecular flexibility index (Phi) is 5.65. The van der Waals surface area contributed by atoms with Gasteiger partial charge >= 0.3 is 0 Å². The van der Waals surface area contributed by atoms with Crippen molar-refractivity contribution in [1.82, 2.24) is 5.32 Å². The van der Waals surface area contributed by atoms with E-state index >= 15 is 0 Å². The van der Waals surface area contributed by atoms with Crippen molar-refractivity contribution in [3.63, 3.8) is 0 Å². The van der Waals surface area contributed by atoms with Crippen molar-refractivity contribution in [2.45, 2.75) is 24.7 Å². The van der Waals surface area contributed by atoms with Gasteiger partial charge in [-0.3, -0.25) is 9.59 Å². The Bertz CT molecular complexity index is 1070. The Morgan fingerprint density at radius 2 is 1.79 bits per heavy atom. The van der Waals surface area contributed by atoms with Gasteiger partial charge in [0, 0.05) is 49.9 Å². The van der Waals surface area contributed by atoms with E-state index in [0.29, 0.717) is 31.3 Å². The zero-order valence-electron chi connectivity index (χ0n) is 17.9. The van der Waals surface area contributed by atoms with Crippen LogP contribution >= 0.6 is 0 Å². The Balaban J connectivity index is 1.29. The first kappa shape index (κ1) is 21.6. The number of anilines is 1. The first-order chi connectivity index (χ1) is 15.9. The number of ether oxygens (including phenoxy) is 3. The number of hydrogen-bond acceptors (Lipinski definition) is 5. The predicted octanol–water partition coefficient (Wildman–Crippen LogP) is 2.91. The van der Waals surface area contributed by atoms with E-state index < -0.39 is 17.6 Å². The maximum absolute atomic E-state index is 13.6. The SMILES string of the molecule is O=C(NCC1(c2ccc3c(c2)OCO3)CCOCC1)C1CC(=O)N(c2cc(F)cc(F)c2)C1. The van der Waals surface area contributed by atoms with Crippen molar-refractivity contribution in [3.05, 3.63) is 53.6 Å². The second-order valence-corrected chi connectivity index (χ2v) is 8.71. The summed E-state index contributed by atoms with van der Waals surface area (Å²) >= 11 is 0. The number of rotatable bonds is 5. The molecule has 1 N–H and O–H groups in total. The number of fused-ring (bicyclic) bond motifs is 1. The number of nitrogens with one attached hydrogen (secondary N) is 1. The quantitative estimate of drug-likeness (QED) is 0.746. The number of carbonyl (C=O) groups is 2. The molecule has 2 amide bonds. The number of benzene rings is 2. The summed E-state index contributed by atoms with van der Waals surface area (Å²) in [5.74, 6) is -1.34. The van der Waals surface area contributed by atoms with Crippen molar-refractivity contribution < 1.29 is 32.6 Å². The summed E-state index contributed by atoms with van der Waals surface area (Å²) in [7, 11) is 0. The molecule has 1 unspecified atom stereocenters. The third-order valence-corrected chi connectivity index (χ3v) is 6.69. The molecule has 0 bridgehead atoms. The van der Waals surface area contributed by atoms with E-state index in [4.69, 9.17) is 14.2 Å². The first-order valence-corrected chi connectivity index (χ1v) is 11.0. The molecule has 33 heavy (non-hydrogen) atoms. The van der Waals surface area contributed by atoms with Crippen LogP contribution in [0.25, 0.3) is 0 Å². The van der Waals surface area contributed by atoms with Crippen LogP contribution in [-0.4, -0.2) is 44.9 Å². The number of hydrogen-bond donors (Lipinski definition) is 1. The van der Waals surface area contributed by atoms with E-state index in [-0.39, 0.29) is 42.7 Å². The molecule has 0 saturated carbocycles. The average molecular weight is 458 g/mol. The largest absolute Gasteiger partial charge is 0.454 e. The van der Waals surface area contributed by atoms with Crippen LogP contribution in [0.2, 0.25) is 0 Å². The van der Waals surface area contributed by atoms with Crippen LogP contribution in [0, 0.1) is 17.6 Å². The van der Waals surface area contributed by atoms with Gasteiger partial charge in [0.05, 0.1) is 5.92 Å². The second-order valence-electron chi connectivity index (χ2n) is 8.71. The summed E-state index contributed by atoms with van der Waals surface area (Å²) in [5.41, 5.74) is 0.826. The second kappa shape index (κ2) is 8.62. The van der Waals surface area contributed by atoms with Gasteiger partial charge in [0.25, 0.3) is 0 Å². The van der Waals surface area contributed by atoms with E-state index in [1.807, 2.05) is 18.2 Å². The van der Waals surface area contributed by atoms with Gasteiger partial charge in [-0.15, -0.1) is 0 Å². The molecule has 0 spiro atoms. The fourth-order valence-corrected chi connectivity index (χ4v) is 4.78. The Morgan fingerprint density at radius 1 is 1.06 bits per heavy atom. The van der Waals surface area contributed by atoms with Gasteiger partial charge in [0.15, 0.2) is 11.5 Å². The molecule has 2 fully saturated rings. The van der Waals surface area contributed by atoms with Gasteiger partial charge in [0.2, 0.25) is 18.6 Å². The van der Waals surface area contributed by atoms with Crippen LogP contribution in [0.3, 0.4) is 0 Å². The summed E-state index contributed by atoms with van der Waals surface area (Å²) in [6.45, 7) is 1.80. The van der Waals surface area contributed by atoms with E-state index in [1.165, 1.54) is 4.90 Å². The number of halogens is 2. The summed E-state index contributed by atoms with van der Waals surface area (Å²) in [6, 6.07) is 8.76. The third kappa shape index (κ3) is 4.25. The lowest BCUT2D eigenvalue weighted by atomic mass is 9.74. The molecule has 9 heteroatoms. The Labute approximate surface area is 189 Å². The molecule has 1 atom stereocenters. The minimum atomic E-state index is -0.768. The first-order valence-electron chi connectivity index (χ1n) is 11.0. The van der Waals surface area contributed by atoms with Crippen molar-refractivity contribution in [2.24, 2.45) is 5.92 Å². The summed E-state index contributed by atoms with van der Waals surface area (Å²) in [4.78, 5) is 26.7. The van der Waals surface area contributed by atoms with Gasteiger partial charge in [0.1, 0.15) is 11.6 Å². The summed E-state index contributed by atoms with van der Waals surface area (Å²) in [6.07, 6.45) is 1.44. The monoisotopic (exact) mass is 458 g/mol. The lowest BCUT2D eigenvalue weighted by Gasteiger charge is -2.38. The highest BCUT2D eigenvalue weighted by Gasteiger charge is 2.39. The van der Waals surface area contributed by atoms with Gasteiger partial charge in [-0.05, 0) is 42.7 Å². The lowest BCUT2D eigenvalue weighted by molar-refractivity contribution is -0.126. The molecule has 0 aromatic heterocycles. The molecular formula is C24H24F2N2O5.